The minimum absolute atomic E-state index is 0.0592. The van der Waals surface area contributed by atoms with Gasteiger partial charge in [-0.3, -0.25) is 9.59 Å². The third-order valence-corrected chi connectivity index (χ3v) is 2.93. The van der Waals surface area contributed by atoms with Crippen LogP contribution in [0.4, 0.5) is 10.1 Å². The van der Waals surface area contributed by atoms with E-state index in [0.29, 0.717) is 25.2 Å². The van der Waals surface area contributed by atoms with Crippen molar-refractivity contribution < 1.29 is 14.0 Å². The standard InChI is InChI=1S/C15H19FN2O2/c1-4-18(5-2)14(19)10-12-6-8-13(9-7-12)17-15(20)11(3)16/h6-9H,3-5,10H2,1-2H3,(H,17,20). The van der Waals surface area contributed by atoms with E-state index in [0.717, 1.165) is 5.56 Å². The highest BCUT2D eigenvalue weighted by atomic mass is 19.1. The van der Waals surface area contributed by atoms with E-state index in [1.165, 1.54) is 0 Å². The molecule has 4 nitrogen and oxygen atoms in total. The molecule has 0 aliphatic rings. The van der Waals surface area contributed by atoms with Gasteiger partial charge in [0.05, 0.1) is 6.42 Å². The third-order valence-electron chi connectivity index (χ3n) is 2.93. The lowest BCUT2D eigenvalue weighted by Crippen LogP contribution is -2.31. The van der Waals surface area contributed by atoms with Crippen molar-refractivity contribution >= 4 is 17.5 Å². The Bertz CT molecular complexity index is 493. The monoisotopic (exact) mass is 278 g/mol. The number of carbonyl (C=O) groups excluding carboxylic acids is 2. The molecule has 1 aromatic rings. The molecule has 1 N–H and O–H groups in total. The number of hydrogen-bond acceptors (Lipinski definition) is 2. The Balaban J connectivity index is 2.65. The quantitative estimate of drug-likeness (QED) is 0.813. The van der Waals surface area contributed by atoms with Gasteiger partial charge in [0, 0.05) is 18.8 Å². The van der Waals surface area contributed by atoms with Crippen molar-refractivity contribution in [3.63, 3.8) is 0 Å². The van der Waals surface area contributed by atoms with Crippen LogP contribution in [0.5, 0.6) is 0 Å². The fourth-order valence-corrected chi connectivity index (χ4v) is 1.77. The Morgan fingerprint density at radius 2 is 1.75 bits per heavy atom. The molecule has 0 atom stereocenters. The van der Waals surface area contributed by atoms with E-state index in [2.05, 4.69) is 11.9 Å². The highest BCUT2D eigenvalue weighted by Crippen LogP contribution is 2.12. The van der Waals surface area contributed by atoms with Crippen LogP contribution in [-0.4, -0.2) is 29.8 Å². The Hall–Kier alpha value is -2.17. The van der Waals surface area contributed by atoms with Crippen LogP contribution < -0.4 is 5.32 Å². The van der Waals surface area contributed by atoms with Crippen LogP contribution >= 0.6 is 0 Å². The largest absolute Gasteiger partial charge is 0.343 e. The van der Waals surface area contributed by atoms with Gasteiger partial charge in [-0.2, -0.15) is 0 Å². The van der Waals surface area contributed by atoms with E-state index in [9.17, 15) is 14.0 Å². The maximum atomic E-state index is 12.5. The first kappa shape index (κ1) is 15.9. The molecule has 2 amide bonds. The molecule has 5 heteroatoms. The summed E-state index contributed by atoms with van der Waals surface area (Å²) < 4.78 is 12.5. The summed E-state index contributed by atoms with van der Waals surface area (Å²) in [5, 5.41) is 2.36. The number of anilines is 1. The van der Waals surface area contributed by atoms with E-state index < -0.39 is 11.7 Å². The number of likely N-dealkylation sites (N-methyl/N-ethyl adjacent to an activating group) is 1. The van der Waals surface area contributed by atoms with Crippen LogP contribution in [0, 0.1) is 0 Å². The normalized spacial score (nSPS) is 9.95. The summed E-state index contributed by atoms with van der Waals surface area (Å²) in [5.74, 6) is -1.84. The average molecular weight is 278 g/mol. The van der Waals surface area contributed by atoms with Gasteiger partial charge in [-0.25, -0.2) is 4.39 Å². The predicted molar refractivity (Wildman–Crippen MR) is 77.0 cm³/mol. The van der Waals surface area contributed by atoms with Crippen LogP contribution in [0.25, 0.3) is 0 Å². The SMILES string of the molecule is C=C(F)C(=O)Nc1ccc(CC(=O)N(CC)CC)cc1. The zero-order valence-electron chi connectivity index (χ0n) is 11.8. The third kappa shape index (κ3) is 4.50. The van der Waals surface area contributed by atoms with Gasteiger partial charge >= 0.3 is 0 Å². The van der Waals surface area contributed by atoms with Crippen LogP contribution in [0.15, 0.2) is 36.7 Å². The molecular weight excluding hydrogens is 259 g/mol. The van der Waals surface area contributed by atoms with Crippen LogP contribution in [0.1, 0.15) is 19.4 Å². The molecule has 108 valence electrons. The molecule has 0 saturated heterocycles. The first-order valence-corrected chi connectivity index (χ1v) is 6.50. The molecule has 0 radical (unpaired) electrons. The molecular formula is C15H19FN2O2. The Labute approximate surface area is 118 Å². The summed E-state index contributed by atoms with van der Waals surface area (Å²) in [6, 6.07) is 6.73. The fraction of sp³-hybridized carbons (Fsp3) is 0.333. The Morgan fingerprint density at radius 1 is 1.20 bits per heavy atom. The van der Waals surface area contributed by atoms with E-state index >= 15 is 0 Å². The summed E-state index contributed by atoms with van der Waals surface area (Å²) in [6.45, 7) is 8.15. The van der Waals surface area contributed by atoms with Gasteiger partial charge in [0.15, 0.2) is 5.83 Å². The van der Waals surface area contributed by atoms with Gasteiger partial charge < -0.3 is 10.2 Å². The maximum absolute atomic E-state index is 12.5. The Kier molecular flexibility index (Phi) is 5.90. The smallest absolute Gasteiger partial charge is 0.283 e. The number of amides is 2. The van der Waals surface area contributed by atoms with Crippen molar-refractivity contribution in [1.29, 1.82) is 0 Å². The number of rotatable bonds is 6. The van der Waals surface area contributed by atoms with E-state index in [4.69, 9.17) is 0 Å². The minimum Gasteiger partial charge on any atom is -0.343 e. The summed E-state index contributed by atoms with van der Waals surface area (Å²) >= 11 is 0. The molecule has 0 aliphatic carbocycles. The zero-order valence-corrected chi connectivity index (χ0v) is 11.8. The molecule has 0 heterocycles. The predicted octanol–water partition coefficient (Wildman–Crippen LogP) is 2.52. The number of nitrogens with zero attached hydrogens (tertiary/aromatic N) is 1. The number of nitrogens with one attached hydrogen (secondary N) is 1. The van der Waals surface area contributed by atoms with Gasteiger partial charge in [-0.15, -0.1) is 0 Å². The number of carbonyl (C=O) groups is 2. The molecule has 0 spiro atoms. The van der Waals surface area contributed by atoms with Crippen molar-refractivity contribution in [2.45, 2.75) is 20.3 Å². The van der Waals surface area contributed by atoms with Crippen LogP contribution in [-0.2, 0) is 16.0 Å². The summed E-state index contributed by atoms with van der Waals surface area (Å²) in [4.78, 5) is 24.8. The summed E-state index contributed by atoms with van der Waals surface area (Å²) in [5.41, 5.74) is 1.31. The highest BCUT2D eigenvalue weighted by molar-refractivity contribution is 6.01. The number of hydrogen-bond donors (Lipinski definition) is 1. The highest BCUT2D eigenvalue weighted by Gasteiger charge is 2.10. The van der Waals surface area contributed by atoms with E-state index in [-0.39, 0.29) is 5.91 Å². The van der Waals surface area contributed by atoms with Crippen LogP contribution in [0.2, 0.25) is 0 Å². The van der Waals surface area contributed by atoms with Crippen molar-refractivity contribution in [3.8, 4) is 0 Å². The van der Waals surface area contributed by atoms with Crippen molar-refractivity contribution in [2.75, 3.05) is 18.4 Å². The molecule has 0 bridgehead atoms. The van der Waals surface area contributed by atoms with Crippen molar-refractivity contribution in [2.24, 2.45) is 0 Å². The number of halogens is 1. The minimum atomic E-state index is -1.04. The van der Waals surface area contributed by atoms with Gasteiger partial charge in [-0.05, 0) is 31.5 Å². The molecule has 0 aliphatic heterocycles. The van der Waals surface area contributed by atoms with Crippen LogP contribution in [0.3, 0.4) is 0 Å². The van der Waals surface area contributed by atoms with Crippen molar-refractivity contribution in [3.05, 3.63) is 42.2 Å². The average Bonchev–Trinajstić information content (AvgIpc) is 2.42. The fourth-order valence-electron chi connectivity index (χ4n) is 1.77. The molecule has 0 fully saturated rings. The number of benzene rings is 1. The lowest BCUT2D eigenvalue weighted by atomic mass is 10.1. The molecule has 0 saturated carbocycles. The molecule has 20 heavy (non-hydrogen) atoms. The topological polar surface area (TPSA) is 49.4 Å². The van der Waals surface area contributed by atoms with Crippen molar-refractivity contribution in [1.82, 2.24) is 4.90 Å². The molecule has 1 aromatic carbocycles. The maximum Gasteiger partial charge on any atom is 0.283 e. The first-order chi connectivity index (χ1) is 9.47. The first-order valence-electron chi connectivity index (χ1n) is 6.50. The van der Waals surface area contributed by atoms with E-state index in [1.807, 2.05) is 13.8 Å². The summed E-state index contributed by atoms with van der Waals surface area (Å²) in [6.07, 6.45) is 0.311. The van der Waals surface area contributed by atoms with Gasteiger partial charge in [0.25, 0.3) is 5.91 Å². The van der Waals surface area contributed by atoms with Gasteiger partial charge in [0.1, 0.15) is 0 Å². The molecule has 1 rings (SSSR count). The second kappa shape index (κ2) is 7.43. The Morgan fingerprint density at radius 3 is 2.20 bits per heavy atom. The second-order valence-electron chi connectivity index (χ2n) is 4.30. The second-order valence-corrected chi connectivity index (χ2v) is 4.30. The lowest BCUT2D eigenvalue weighted by Gasteiger charge is -2.18. The summed E-state index contributed by atoms with van der Waals surface area (Å²) in [7, 11) is 0. The van der Waals surface area contributed by atoms with Gasteiger partial charge in [0.2, 0.25) is 5.91 Å². The zero-order chi connectivity index (χ0) is 15.1. The lowest BCUT2D eigenvalue weighted by molar-refractivity contribution is -0.130. The van der Waals surface area contributed by atoms with Gasteiger partial charge in [-0.1, -0.05) is 18.7 Å². The molecule has 0 aromatic heterocycles. The molecule has 0 unspecified atom stereocenters. The van der Waals surface area contributed by atoms with E-state index in [1.54, 1.807) is 29.2 Å².